The number of nitrogens with zero attached hydrogens (tertiary/aromatic N) is 4. The average molecular weight is 259 g/mol. The van der Waals surface area contributed by atoms with Crippen LogP contribution in [-0.4, -0.2) is 43.0 Å². The zero-order valence-corrected chi connectivity index (χ0v) is 10.3. The van der Waals surface area contributed by atoms with E-state index in [2.05, 4.69) is 30.8 Å². The molecule has 5 heteroatoms. The van der Waals surface area contributed by atoms with Crippen LogP contribution in [0.3, 0.4) is 0 Å². The fourth-order valence-corrected chi connectivity index (χ4v) is 1.54. The lowest BCUT2D eigenvalue weighted by molar-refractivity contribution is 0.919. The van der Waals surface area contributed by atoms with Gasteiger partial charge in [-0.3, -0.25) is 0 Å². The standard InChI is InChI=1S/C9H15BrN4/c1-13(2)9-11-6-4-8(12-9)14(3)7-5-10/h4,6H,5,7H2,1-3H3. The van der Waals surface area contributed by atoms with Crippen molar-refractivity contribution in [2.24, 2.45) is 0 Å². The van der Waals surface area contributed by atoms with Crippen LogP contribution in [0, 0.1) is 0 Å². The molecule has 0 radical (unpaired) electrons. The number of hydrogen-bond donors (Lipinski definition) is 0. The second kappa shape index (κ2) is 5.14. The summed E-state index contributed by atoms with van der Waals surface area (Å²) in [6.45, 7) is 0.934. The van der Waals surface area contributed by atoms with Gasteiger partial charge in [-0.15, -0.1) is 0 Å². The van der Waals surface area contributed by atoms with Gasteiger partial charge in [-0.2, -0.15) is 4.98 Å². The van der Waals surface area contributed by atoms with Crippen molar-refractivity contribution < 1.29 is 0 Å². The van der Waals surface area contributed by atoms with Crippen LogP contribution in [0.1, 0.15) is 0 Å². The molecule has 0 aliphatic rings. The molecule has 1 aromatic rings. The maximum atomic E-state index is 4.41. The highest BCUT2D eigenvalue weighted by molar-refractivity contribution is 9.09. The molecule has 0 fully saturated rings. The number of anilines is 2. The maximum Gasteiger partial charge on any atom is 0.226 e. The van der Waals surface area contributed by atoms with Crippen LogP contribution in [-0.2, 0) is 0 Å². The van der Waals surface area contributed by atoms with Gasteiger partial charge >= 0.3 is 0 Å². The molecule has 0 saturated heterocycles. The van der Waals surface area contributed by atoms with Crippen molar-refractivity contribution in [2.45, 2.75) is 0 Å². The topological polar surface area (TPSA) is 32.3 Å². The lowest BCUT2D eigenvalue weighted by Gasteiger charge is -2.18. The quantitative estimate of drug-likeness (QED) is 0.764. The summed E-state index contributed by atoms with van der Waals surface area (Å²) in [6, 6.07) is 1.91. The van der Waals surface area contributed by atoms with Crippen LogP contribution in [0.25, 0.3) is 0 Å². The van der Waals surface area contributed by atoms with Gasteiger partial charge in [-0.1, -0.05) is 15.9 Å². The summed E-state index contributed by atoms with van der Waals surface area (Å²) in [6.07, 6.45) is 1.78. The molecule has 0 aliphatic heterocycles. The highest BCUT2D eigenvalue weighted by atomic mass is 79.9. The minimum Gasteiger partial charge on any atom is -0.359 e. The molecule has 1 rings (SSSR count). The molecule has 0 bridgehead atoms. The minimum atomic E-state index is 0.740. The van der Waals surface area contributed by atoms with E-state index in [4.69, 9.17) is 0 Å². The van der Waals surface area contributed by atoms with E-state index in [-0.39, 0.29) is 0 Å². The molecule has 1 heterocycles. The van der Waals surface area contributed by atoms with E-state index in [9.17, 15) is 0 Å². The van der Waals surface area contributed by atoms with Gasteiger partial charge in [0.1, 0.15) is 5.82 Å². The Balaban J connectivity index is 2.82. The summed E-state index contributed by atoms with van der Waals surface area (Å²) in [5, 5.41) is 0.935. The zero-order valence-electron chi connectivity index (χ0n) is 8.74. The Kier molecular flexibility index (Phi) is 4.13. The molecular formula is C9H15BrN4. The van der Waals surface area contributed by atoms with E-state index in [0.717, 1.165) is 23.6 Å². The van der Waals surface area contributed by atoms with E-state index >= 15 is 0 Å². The van der Waals surface area contributed by atoms with E-state index in [1.165, 1.54) is 0 Å². The molecule has 0 N–H and O–H groups in total. The Bertz CT molecular complexity index is 290. The van der Waals surface area contributed by atoms with Crippen molar-refractivity contribution in [3.05, 3.63) is 12.3 Å². The normalized spacial score (nSPS) is 10.0. The Morgan fingerprint density at radius 3 is 2.64 bits per heavy atom. The van der Waals surface area contributed by atoms with Crippen molar-refractivity contribution in [2.75, 3.05) is 42.8 Å². The van der Waals surface area contributed by atoms with Crippen LogP contribution < -0.4 is 9.80 Å². The number of alkyl halides is 1. The Morgan fingerprint density at radius 1 is 1.36 bits per heavy atom. The van der Waals surface area contributed by atoms with E-state index in [1.807, 2.05) is 32.1 Å². The molecule has 0 spiro atoms. The number of halogens is 1. The molecule has 14 heavy (non-hydrogen) atoms. The van der Waals surface area contributed by atoms with Crippen LogP contribution in [0.15, 0.2) is 12.3 Å². The zero-order chi connectivity index (χ0) is 10.6. The SMILES string of the molecule is CN(C)c1nccc(N(C)CCBr)n1. The Labute approximate surface area is 93.1 Å². The molecule has 4 nitrogen and oxygen atoms in total. The highest BCUT2D eigenvalue weighted by Gasteiger charge is 2.04. The third-order valence-corrected chi connectivity index (χ3v) is 2.19. The first-order valence-electron chi connectivity index (χ1n) is 4.42. The van der Waals surface area contributed by atoms with Crippen molar-refractivity contribution in [3.63, 3.8) is 0 Å². The largest absolute Gasteiger partial charge is 0.359 e. The molecular weight excluding hydrogens is 244 g/mol. The first-order valence-corrected chi connectivity index (χ1v) is 5.54. The minimum absolute atomic E-state index is 0.740. The van der Waals surface area contributed by atoms with Crippen molar-refractivity contribution in [1.82, 2.24) is 9.97 Å². The van der Waals surface area contributed by atoms with Gasteiger partial charge in [-0.05, 0) is 6.07 Å². The van der Waals surface area contributed by atoms with E-state index in [1.54, 1.807) is 6.20 Å². The molecule has 78 valence electrons. The smallest absolute Gasteiger partial charge is 0.226 e. The highest BCUT2D eigenvalue weighted by Crippen LogP contribution is 2.11. The molecule has 1 aromatic heterocycles. The molecule has 0 aliphatic carbocycles. The second-order valence-electron chi connectivity index (χ2n) is 3.22. The summed E-state index contributed by atoms with van der Waals surface area (Å²) in [5.74, 6) is 1.69. The van der Waals surface area contributed by atoms with Gasteiger partial charge in [0.05, 0.1) is 0 Å². The Morgan fingerprint density at radius 2 is 2.07 bits per heavy atom. The molecule has 0 unspecified atom stereocenters. The predicted octanol–water partition coefficient (Wildman–Crippen LogP) is 1.37. The van der Waals surface area contributed by atoms with E-state index in [0.29, 0.717) is 0 Å². The van der Waals surface area contributed by atoms with Gasteiger partial charge in [0.25, 0.3) is 0 Å². The molecule has 0 aromatic carbocycles. The monoisotopic (exact) mass is 258 g/mol. The first-order chi connectivity index (χ1) is 6.65. The number of rotatable bonds is 4. The Hall–Kier alpha value is -0.840. The fraction of sp³-hybridized carbons (Fsp3) is 0.556. The fourth-order valence-electron chi connectivity index (χ4n) is 1.01. The van der Waals surface area contributed by atoms with Crippen LogP contribution in [0.2, 0.25) is 0 Å². The summed E-state index contributed by atoms with van der Waals surface area (Å²) in [5.41, 5.74) is 0. The molecule has 0 amide bonds. The van der Waals surface area contributed by atoms with Gasteiger partial charge < -0.3 is 9.80 Å². The van der Waals surface area contributed by atoms with Crippen LogP contribution >= 0.6 is 15.9 Å². The summed E-state index contributed by atoms with van der Waals surface area (Å²) in [7, 11) is 5.89. The number of aromatic nitrogens is 2. The average Bonchev–Trinajstić information content (AvgIpc) is 2.18. The van der Waals surface area contributed by atoms with Crippen molar-refractivity contribution in [3.8, 4) is 0 Å². The summed E-state index contributed by atoms with van der Waals surface area (Å²) in [4.78, 5) is 12.5. The lowest BCUT2D eigenvalue weighted by atomic mass is 10.5. The predicted molar refractivity (Wildman–Crippen MR) is 63.4 cm³/mol. The molecule has 0 saturated carbocycles. The number of hydrogen-bond acceptors (Lipinski definition) is 4. The van der Waals surface area contributed by atoms with Crippen molar-refractivity contribution >= 4 is 27.7 Å². The molecule has 0 atom stereocenters. The van der Waals surface area contributed by atoms with Crippen LogP contribution in [0.5, 0.6) is 0 Å². The third-order valence-electron chi connectivity index (χ3n) is 1.84. The van der Waals surface area contributed by atoms with Crippen LogP contribution in [0.4, 0.5) is 11.8 Å². The second-order valence-corrected chi connectivity index (χ2v) is 4.01. The van der Waals surface area contributed by atoms with E-state index < -0.39 is 0 Å². The third kappa shape index (κ3) is 2.83. The maximum absolute atomic E-state index is 4.41. The van der Waals surface area contributed by atoms with Gasteiger partial charge in [0.2, 0.25) is 5.95 Å². The summed E-state index contributed by atoms with van der Waals surface area (Å²) < 4.78 is 0. The van der Waals surface area contributed by atoms with Gasteiger partial charge in [0.15, 0.2) is 0 Å². The summed E-state index contributed by atoms with van der Waals surface area (Å²) >= 11 is 3.40. The van der Waals surface area contributed by atoms with Gasteiger partial charge in [0, 0.05) is 39.2 Å². The van der Waals surface area contributed by atoms with Gasteiger partial charge in [-0.25, -0.2) is 4.98 Å². The lowest BCUT2D eigenvalue weighted by Crippen LogP contribution is -2.22. The van der Waals surface area contributed by atoms with Crippen molar-refractivity contribution in [1.29, 1.82) is 0 Å². The first kappa shape index (κ1) is 11.2.